The van der Waals surface area contributed by atoms with E-state index in [1.165, 1.54) is 11.1 Å². The third-order valence-electron chi connectivity index (χ3n) is 6.55. The SMILES string of the molecule is Cc1cccc2c1CCCN2C(=N)c1ncc(N2CCC(C)(CN)CC2)nc1N. The first-order valence-electron chi connectivity index (χ1n) is 10.4. The Labute approximate surface area is 172 Å². The van der Waals surface area contributed by atoms with Crippen LogP contribution >= 0.6 is 0 Å². The van der Waals surface area contributed by atoms with Gasteiger partial charge < -0.3 is 21.3 Å². The van der Waals surface area contributed by atoms with Gasteiger partial charge in [-0.2, -0.15) is 0 Å². The number of nitrogen functional groups attached to an aromatic ring is 1. The molecule has 2 aromatic rings. The van der Waals surface area contributed by atoms with Crippen molar-refractivity contribution in [3.8, 4) is 0 Å². The average molecular weight is 394 g/mol. The molecule has 1 aromatic carbocycles. The second-order valence-corrected chi connectivity index (χ2v) is 8.64. The molecule has 1 fully saturated rings. The molecule has 2 aliphatic heterocycles. The van der Waals surface area contributed by atoms with Crippen molar-refractivity contribution < 1.29 is 0 Å². The van der Waals surface area contributed by atoms with Crippen molar-refractivity contribution in [3.05, 3.63) is 41.2 Å². The number of aromatic nitrogens is 2. The van der Waals surface area contributed by atoms with Crippen LogP contribution in [0.5, 0.6) is 0 Å². The first-order valence-corrected chi connectivity index (χ1v) is 10.4. The van der Waals surface area contributed by atoms with E-state index in [-0.39, 0.29) is 5.41 Å². The first kappa shape index (κ1) is 19.6. The Morgan fingerprint density at radius 3 is 2.69 bits per heavy atom. The maximum atomic E-state index is 8.77. The number of hydrogen-bond donors (Lipinski definition) is 3. The Morgan fingerprint density at radius 1 is 1.24 bits per heavy atom. The van der Waals surface area contributed by atoms with Crippen molar-refractivity contribution in [2.45, 2.75) is 39.5 Å². The summed E-state index contributed by atoms with van der Waals surface area (Å²) in [6.07, 6.45) is 5.88. The fourth-order valence-electron chi connectivity index (χ4n) is 4.37. The number of fused-ring (bicyclic) bond motifs is 1. The number of benzene rings is 1. The molecule has 0 spiro atoms. The molecule has 7 heteroatoms. The molecule has 0 atom stereocenters. The predicted molar refractivity (Wildman–Crippen MR) is 119 cm³/mol. The Kier molecular flexibility index (Phi) is 5.17. The highest BCUT2D eigenvalue weighted by Gasteiger charge is 2.30. The van der Waals surface area contributed by atoms with Crippen LogP contribution in [0.3, 0.4) is 0 Å². The third-order valence-corrected chi connectivity index (χ3v) is 6.55. The van der Waals surface area contributed by atoms with Crippen LogP contribution in [0, 0.1) is 17.7 Å². The Hall–Kier alpha value is -2.67. The van der Waals surface area contributed by atoms with E-state index in [4.69, 9.17) is 16.9 Å². The molecule has 1 aromatic heterocycles. The van der Waals surface area contributed by atoms with Gasteiger partial charge in [0.05, 0.1) is 6.20 Å². The molecule has 0 amide bonds. The minimum Gasteiger partial charge on any atom is -0.382 e. The quantitative estimate of drug-likeness (QED) is 0.547. The Balaban J connectivity index is 1.55. The van der Waals surface area contributed by atoms with Gasteiger partial charge in [0.2, 0.25) is 0 Å². The molecule has 29 heavy (non-hydrogen) atoms. The van der Waals surface area contributed by atoms with Crippen molar-refractivity contribution >= 4 is 23.2 Å². The van der Waals surface area contributed by atoms with Gasteiger partial charge in [-0.05, 0) is 61.8 Å². The zero-order chi connectivity index (χ0) is 20.6. The van der Waals surface area contributed by atoms with Crippen molar-refractivity contribution in [1.82, 2.24) is 9.97 Å². The van der Waals surface area contributed by atoms with Gasteiger partial charge in [0, 0.05) is 25.3 Å². The van der Waals surface area contributed by atoms with E-state index in [1.807, 2.05) is 11.0 Å². The van der Waals surface area contributed by atoms with Crippen molar-refractivity contribution in [1.29, 1.82) is 5.41 Å². The Morgan fingerprint density at radius 2 is 2.00 bits per heavy atom. The molecule has 4 rings (SSSR count). The molecule has 2 aliphatic rings. The molecule has 0 aliphatic carbocycles. The van der Waals surface area contributed by atoms with E-state index in [0.29, 0.717) is 23.9 Å². The van der Waals surface area contributed by atoms with Crippen LogP contribution in [0.1, 0.15) is 43.0 Å². The summed E-state index contributed by atoms with van der Waals surface area (Å²) in [7, 11) is 0. The fourth-order valence-corrected chi connectivity index (χ4v) is 4.37. The molecular formula is C22H31N7. The predicted octanol–water partition coefficient (Wildman–Crippen LogP) is 2.71. The number of anilines is 3. The minimum atomic E-state index is 0.206. The van der Waals surface area contributed by atoms with Crippen molar-refractivity contribution in [2.24, 2.45) is 11.1 Å². The van der Waals surface area contributed by atoms with Crippen LogP contribution in [-0.4, -0.2) is 42.0 Å². The lowest BCUT2D eigenvalue weighted by molar-refractivity contribution is 0.258. The maximum absolute atomic E-state index is 8.77. The number of nitrogens with two attached hydrogens (primary N) is 2. The average Bonchev–Trinajstić information content (AvgIpc) is 2.74. The number of nitrogens with one attached hydrogen (secondary N) is 1. The highest BCUT2D eigenvalue weighted by Crippen LogP contribution is 2.33. The summed E-state index contributed by atoms with van der Waals surface area (Å²) in [6, 6.07) is 6.25. The van der Waals surface area contributed by atoms with Gasteiger partial charge in [-0.3, -0.25) is 5.41 Å². The topological polar surface area (TPSA) is 108 Å². The second kappa shape index (κ2) is 7.63. The number of nitrogens with zero attached hydrogens (tertiary/aromatic N) is 4. The van der Waals surface area contributed by atoms with Crippen molar-refractivity contribution in [3.63, 3.8) is 0 Å². The summed E-state index contributed by atoms with van der Waals surface area (Å²) >= 11 is 0. The zero-order valence-corrected chi connectivity index (χ0v) is 17.4. The van der Waals surface area contributed by atoms with E-state index in [9.17, 15) is 0 Å². The normalized spacial score (nSPS) is 18.4. The van der Waals surface area contributed by atoms with Gasteiger partial charge >= 0.3 is 0 Å². The van der Waals surface area contributed by atoms with Crippen LogP contribution in [0.2, 0.25) is 0 Å². The van der Waals surface area contributed by atoms with Gasteiger partial charge in [0.25, 0.3) is 0 Å². The molecule has 5 N–H and O–H groups in total. The lowest BCUT2D eigenvalue weighted by Gasteiger charge is -2.39. The lowest BCUT2D eigenvalue weighted by atomic mass is 9.80. The first-order chi connectivity index (χ1) is 13.9. The van der Waals surface area contributed by atoms with Crippen LogP contribution < -0.4 is 21.3 Å². The van der Waals surface area contributed by atoms with E-state index in [2.05, 4.69) is 40.8 Å². The molecule has 154 valence electrons. The largest absolute Gasteiger partial charge is 0.382 e. The molecular weight excluding hydrogens is 362 g/mol. The number of amidine groups is 1. The van der Waals surface area contributed by atoms with Crippen molar-refractivity contribution in [2.75, 3.05) is 41.7 Å². The second-order valence-electron chi connectivity index (χ2n) is 8.64. The Bertz CT molecular complexity index is 915. The van der Waals surface area contributed by atoms with Crippen LogP contribution in [0.25, 0.3) is 0 Å². The number of aryl methyl sites for hydroxylation is 1. The summed E-state index contributed by atoms with van der Waals surface area (Å²) in [5.74, 6) is 1.43. The van der Waals surface area contributed by atoms with Gasteiger partial charge in [-0.25, -0.2) is 9.97 Å². The summed E-state index contributed by atoms with van der Waals surface area (Å²) < 4.78 is 0. The summed E-state index contributed by atoms with van der Waals surface area (Å²) in [4.78, 5) is 13.4. The summed E-state index contributed by atoms with van der Waals surface area (Å²) in [6.45, 7) is 7.68. The van der Waals surface area contributed by atoms with Crippen LogP contribution in [0.4, 0.5) is 17.3 Å². The van der Waals surface area contributed by atoms with E-state index in [1.54, 1.807) is 6.20 Å². The van der Waals surface area contributed by atoms with Crippen LogP contribution in [-0.2, 0) is 6.42 Å². The molecule has 1 saturated heterocycles. The molecule has 7 nitrogen and oxygen atoms in total. The monoisotopic (exact) mass is 393 g/mol. The molecule has 0 radical (unpaired) electrons. The van der Waals surface area contributed by atoms with Crippen LogP contribution in [0.15, 0.2) is 24.4 Å². The number of hydrogen-bond acceptors (Lipinski definition) is 6. The third kappa shape index (κ3) is 3.67. The van der Waals surface area contributed by atoms with Gasteiger partial charge in [0.1, 0.15) is 11.5 Å². The smallest absolute Gasteiger partial charge is 0.155 e. The standard InChI is InChI=1S/C22H31N7/c1-15-5-3-7-17-16(15)6-4-10-29(17)21(25)19-20(24)27-18(13-26-19)28-11-8-22(2,14-23)9-12-28/h3,5,7,13,25H,4,6,8-12,14,23H2,1-2H3,(H2,24,27). The van der Waals surface area contributed by atoms with Gasteiger partial charge in [-0.15, -0.1) is 0 Å². The number of rotatable bonds is 3. The number of piperidine rings is 1. The maximum Gasteiger partial charge on any atom is 0.155 e. The van der Waals surface area contributed by atoms with Gasteiger partial charge in [-0.1, -0.05) is 19.1 Å². The zero-order valence-electron chi connectivity index (χ0n) is 17.4. The van der Waals surface area contributed by atoms with Gasteiger partial charge in [0.15, 0.2) is 11.7 Å². The highest BCUT2D eigenvalue weighted by molar-refractivity contribution is 6.09. The summed E-state index contributed by atoms with van der Waals surface area (Å²) in [5, 5.41) is 8.77. The summed E-state index contributed by atoms with van der Waals surface area (Å²) in [5.41, 5.74) is 16.5. The molecule has 0 bridgehead atoms. The highest BCUT2D eigenvalue weighted by atomic mass is 15.2. The fraction of sp³-hybridized carbons (Fsp3) is 0.500. The van der Waals surface area contributed by atoms with E-state index >= 15 is 0 Å². The van der Waals surface area contributed by atoms with E-state index in [0.717, 1.165) is 56.8 Å². The molecule has 0 unspecified atom stereocenters. The molecule has 0 saturated carbocycles. The van der Waals surface area contributed by atoms with E-state index < -0.39 is 0 Å². The minimum absolute atomic E-state index is 0.206. The molecule has 3 heterocycles. The lowest BCUT2D eigenvalue weighted by Crippen LogP contribution is -2.42.